The molecule has 14 heavy (non-hydrogen) atoms. The summed E-state index contributed by atoms with van der Waals surface area (Å²) in [6.07, 6.45) is 1.49. The van der Waals surface area contributed by atoms with Gasteiger partial charge in [-0.25, -0.2) is 4.39 Å². The lowest BCUT2D eigenvalue weighted by atomic mass is 10.1. The second kappa shape index (κ2) is 3.42. The van der Waals surface area contributed by atoms with Crippen LogP contribution in [0.2, 0.25) is 0 Å². The highest BCUT2D eigenvalue weighted by Crippen LogP contribution is 2.26. The van der Waals surface area contributed by atoms with Gasteiger partial charge in [-0.15, -0.1) is 0 Å². The van der Waals surface area contributed by atoms with Gasteiger partial charge in [-0.05, 0) is 18.2 Å². The Morgan fingerprint density at radius 2 is 2.14 bits per heavy atom. The van der Waals surface area contributed by atoms with Gasteiger partial charge in [0.25, 0.3) is 0 Å². The second-order valence-electron chi connectivity index (χ2n) is 2.86. The van der Waals surface area contributed by atoms with Gasteiger partial charge in [0.2, 0.25) is 0 Å². The van der Waals surface area contributed by atoms with E-state index < -0.39 is 0 Å². The lowest BCUT2D eigenvalue weighted by Crippen LogP contribution is -1.87. The van der Waals surface area contributed by atoms with E-state index in [-0.39, 0.29) is 5.82 Å². The zero-order valence-corrected chi connectivity index (χ0v) is 8.68. The Bertz CT molecular complexity index is 447. The number of nitrogens with two attached hydrogens (primary N) is 1. The minimum atomic E-state index is -0.316. The van der Waals surface area contributed by atoms with Crippen molar-refractivity contribution in [3.8, 4) is 11.3 Å². The predicted molar refractivity (Wildman–Crippen MR) is 56.1 cm³/mol. The molecule has 1 aromatic carbocycles. The number of nitrogens with zero attached hydrogens (tertiary/aromatic N) is 1. The number of benzene rings is 1. The fourth-order valence-electron chi connectivity index (χ4n) is 1.22. The van der Waals surface area contributed by atoms with Crippen LogP contribution in [0.5, 0.6) is 0 Å². The van der Waals surface area contributed by atoms with Gasteiger partial charge in [-0.2, -0.15) is 5.10 Å². The third-order valence-corrected chi connectivity index (χ3v) is 2.28. The van der Waals surface area contributed by atoms with Crippen LogP contribution in [0, 0.1) is 5.82 Å². The van der Waals surface area contributed by atoms with Gasteiger partial charge in [-0.3, -0.25) is 5.10 Å². The first kappa shape index (κ1) is 9.21. The summed E-state index contributed by atoms with van der Waals surface area (Å²) in [6, 6.07) is 4.55. The fourth-order valence-corrected chi connectivity index (χ4v) is 1.69. The number of H-pyrrole nitrogens is 1. The van der Waals surface area contributed by atoms with Gasteiger partial charge in [-0.1, -0.05) is 15.9 Å². The summed E-state index contributed by atoms with van der Waals surface area (Å²) in [7, 11) is 0. The summed E-state index contributed by atoms with van der Waals surface area (Å²) < 4.78 is 13.7. The smallest absolute Gasteiger partial charge is 0.125 e. The Hall–Kier alpha value is -1.36. The van der Waals surface area contributed by atoms with Crippen molar-refractivity contribution in [1.82, 2.24) is 10.2 Å². The van der Waals surface area contributed by atoms with Gasteiger partial charge in [0.1, 0.15) is 5.82 Å². The van der Waals surface area contributed by atoms with Crippen LogP contribution in [-0.4, -0.2) is 10.2 Å². The van der Waals surface area contributed by atoms with E-state index in [9.17, 15) is 4.39 Å². The Kier molecular flexibility index (Phi) is 2.25. The van der Waals surface area contributed by atoms with Crippen molar-refractivity contribution >= 4 is 21.6 Å². The minimum absolute atomic E-state index is 0.316. The van der Waals surface area contributed by atoms with Crippen LogP contribution in [0.3, 0.4) is 0 Å². The Morgan fingerprint density at radius 1 is 1.36 bits per heavy atom. The van der Waals surface area contributed by atoms with Gasteiger partial charge >= 0.3 is 0 Å². The van der Waals surface area contributed by atoms with Gasteiger partial charge in [0.15, 0.2) is 0 Å². The first-order valence-corrected chi connectivity index (χ1v) is 4.71. The number of rotatable bonds is 1. The van der Waals surface area contributed by atoms with Gasteiger partial charge in [0.05, 0.1) is 17.6 Å². The summed E-state index contributed by atoms with van der Waals surface area (Å²) in [4.78, 5) is 0. The van der Waals surface area contributed by atoms with Crippen molar-refractivity contribution in [2.24, 2.45) is 0 Å². The maximum absolute atomic E-state index is 13.0. The van der Waals surface area contributed by atoms with E-state index in [0.29, 0.717) is 21.4 Å². The summed E-state index contributed by atoms with van der Waals surface area (Å²) in [5, 5.41) is 6.48. The zero-order valence-electron chi connectivity index (χ0n) is 7.09. The van der Waals surface area contributed by atoms with Crippen LogP contribution in [0.25, 0.3) is 11.3 Å². The average molecular weight is 256 g/mol. The molecule has 0 aliphatic heterocycles. The van der Waals surface area contributed by atoms with E-state index >= 15 is 0 Å². The molecule has 0 aliphatic carbocycles. The molecule has 2 rings (SSSR count). The Morgan fingerprint density at radius 3 is 2.71 bits per heavy atom. The molecule has 0 saturated heterocycles. The molecule has 0 fully saturated rings. The summed E-state index contributed by atoms with van der Waals surface area (Å²) in [5.41, 5.74) is 7.45. The van der Waals surface area contributed by atoms with Crippen molar-refractivity contribution in [3.63, 3.8) is 0 Å². The highest BCUT2D eigenvalue weighted by molar-refractivity contribution is 9.10. The van der Waals surface area contributed by atoms with E-state index in [1.807, 2.05) is 0 Å². The van der Waals surface area contributed by atoms with Crippen molar-refractivity contribution < 1.29 is 4.39 Å². The van der Waals surface area contributed by atoms with E-state index in [1.54, 1.807) is 6.07 Å². The molecule has 1 aromatic heterocycles. The van der Waals surface area contributed by atoms with Crippen molar-refractivity contribution in [2.75, 3.05) is 5.73 Å². The SMILES string of the molecule is Nc1cn[nH]c1-c1cc(F)cc(Br)c1. The molecule has 0 saturated carbocycles. The molecule has 0 aliphatic rings. The number of aromatic amines is 1. The van der Waals surface area contributed by atoms with Crippen molar-refractivity contribution in [2.45, 2.75) is 0 Å². The first-order valence-electron chi connectivity index (χ1n) is 3.92. The number of nitrogens with one attached hydrogen (secondary N) is 1. The molecule has 3 nitrogen and oxygen atoms in total. The summed E-state index contributed by atoms with van der Waals surface area (Å²) in [6.45, 7) is 0. The molecule has 0 bridgehead atoms. The minimum Gasteiger partial charge on any atom is -0.396 e. The van der Waals surface area contributed by atoms with Crippen LogP contribution < -0.4 is 5.73 Å². The molecular weight excluding hydrogens is 249 g/mol. The summed E-state index contributed by atoms with van der Waals surface area (Å²) >= 11 is 3.21. The number of aromatic nitrogens is 2. The van der Waals surface area contributed by atoms with Crippen LogP contribution >= 0.6 is 15.9 Å². The van der Waals surface area contributed by atoms with E-state index in [2.05, 4.69) is 26.1 Å². The molecule has 0 amide bonds. The van der Waals surface area contributed by atoms with Crippen molar-refractivity contribution in [1.29, 1.82) is 0 Å². The molecule has 3 N–H and O–H groups in total. The molecular formula is C9H7BrFN3. The fraction of sp³-hybridized carbons (Fsp3) is 0. The number of nitrogen functional groups attached to an aromatic ring is 1. The molecule has 0 unspecified atom stereocenters. The monoisotopic (exact) mass is 255 g/mol. The number of anilines is 1. The Labute approximate surface area is 88.3 Å². The largest absolute Gasteiger partial charge is 0.396 e. The molecule has 2 aromatic rings. The van der Waals surface area contributed by atoms with E-state index in [0.717, 1.165) is 0 Å². The molecule has 0 spiro atoms. The quantitative estimate of drug-likeness (QED) is 0.823. The topological polar surface area (TPSA) is 54.7 Å². The number of hydrogen-bond acceptors (Lipinski definition) is 2. The molecule has 5 heteroatoms. The lowest BCUT2D eigenvalue weighted by Gasteiger charge is -2.00. The second-order valence-corrected chi connectivity index (χ2v) is 3.77. The first-order chi connectivity index (χ1) is 6.66. The van der Waals surface area contributed by atoms with Crippen LogP contribution in [0.1, 0.15) is 0 Å². The third-order valence-electron chi connectivity index (χ3n) is 1.82. The average Bonchev–Trinajstić information content (AvgIpc) is 2.49. The number of hydrogen-bond donors (Lipinski definition) is 2. The van der Waals surface area contributed by atoms with Gasteiger partial charge < -0.3 is 5.73 Å². The summed E-state index contributed by atoms with van der Waals surface area (Å²) in [5.74, 6) is -0.316. The lowest BCUT2D eigenvalue weighted by molar-refractivity contribution is 0.627. The predicted octanol–water partition coefficient (Wildman–Crippen LogP) is 2.56. The van der Waals surface area contributed by atoms with Crippen LogP contribution in [0.15, 0.2) is 28.9 Å². The molecule has 72 valence electrons. The van der Waals surface area contributed by atoms with Gasteiger partial charge in [0, 0.05) is 10.0 Å². The van der Waals surface area contributed by atoms with Crippen LogP contribution in [0.4, 0.5) is 10.1 Å². The van der Waals surface area contributed by atoms with E-state index in [1.165, 1.54) is 18.3 Å². The molecule has 0 radical (unpaired) electrons. The Balaban J connectivity index is 2.57. The highest BCUT2D eigenvalue weighted by Gasteiger charge is 2.06. The van der Waals surface area contributed by atoms with E-state index in [4.69, 9.17) is 5.73 Å². The maximum atomic E-state index is 13.0. The standard InChI is InChI=1S/C9H7BrFN3/c10-6-1-5(2-7(11)3-6)9-8(12)4-13-14-9/h1-4H,12H2,(H,13,14). The third kappa shape index (κ3) is 1.63. The zero-order chi connectivity index (χ0) is 10.1. The molecule has 1 heterocycles. The maximum Gasteiger partial charge on any atom is 0.125 e. The van der Waals surface area contributed by atoms with Crippen molar-refractivity contribution in [3.05, 3.63) is 34.7 Å². The molecule has 0 atom stereocenters. The normalized spacial score (nSPS) is 10.4. The number of halogens is 2. The highest BCUT2D eigenvalue weighted by atomic mass is 79.9. The van der Waals surface area contributed by atoms with Crippen LogP contribution in [-0.2, 0) is 0 Å².